The molecule has 0 bridgehead atoms. The van der Waals surface area contributed by atoms with Crippen molar-refractivity contribution in [2.24, 2.45) is 5.73 Å². The molecule has 0 aliphatic carbocycles. The molecule has 0 saturated carbocycles. The van der Waals surface area contributed by atoms with Crippen LogP contribution in [-0.2, 0) is 4.79 Å². The highest BCUT2D eigenvalue weighted by Gasteiger charge is 2.01. The Bertz CT molecular complexity index is 410. The van der Waals surface area contributed by atoms with E-state index >= 15 is 0 Å². The first-order chi connectivity index (χ1) is 7.17. The quantitative estimate of drug-likeness (QED) is 0.589. The van der Waals surface area contributed by atoms with Crippen LogP contribution in [0.1, 0.15) is 15.9 Å². The number of amides is 1. The molecule has 0 aromatic heterocycles. The molecule has 1 aromatic rings. The summed E-state index contributed by atoms with van der Waals surface area (Å²) in [6.07, 6.45) is 3.45. The molecule has 0 unspecified atom stereocenters. The number of methoxy groups -OCH3 is 1. The maximum atomic E-state index is 10.6. The van der Waals surface area contributed by atoms with Crippen molar-refractivity contribution in [2.75, 3.05) is 7.11 Å². The van der Waals surface area contributed by atoms with Crippen LogP contribution in [0.2, 0.25) is 0 Å². The van der Waals surface area contributed by atoms with Crippen LogP contribution in [0.25, 0.3) is 6.08 Å². The molecular weight excluding hydrogens is 194 g/mol. The molecule has 2 N–H and O–H groups in total. The van der Waals surface area contributed by atoms with Crippen LogP contribution < -0.4 is 10.5 Å². The summed E-state index contributed by atoms with van der Waals surface area (Å²) in [7, 11) is 1.51. The zero-order chi connectivity index (χ0) is 11.3. The van der Waals surface area contributed by atoms with Crippen LogP contribution in [0.5, 0.6) is 5.75 Å². The second kappa shape index (κ2) is 4.95. The number of nitrogens with two attached hydrogens (primary N) is 1. The minimum Gasteiger partial charge on any atom is -0.496 e. The number of carbonyl (C=O) groups excluding carboxylic acids is 2. The third-order valence-electron chi connectivity index (χ3n) is 1.82. The average Bonchev–Trinajstić information content (AvgIpc) is 2.25. The molecule has 0 saturated heterocycles. The molecule has 78 valence electrons. The lowest BCUT2D eigenvalue weighted by atomic mass is 10.1. The van der Waals surface area contributed by atoms with E-state index in [9.17, 15) is 9.59 Å². The van der Waals surface area contributed by atoms with Crippen molar-refractivity contribution < 1.29 is 14.3 Å². The fourth-order valence-electron chi connectivity index (χ4n) is 1.13. The third-order valence-corrected chi connectivity index (χ3v) is 1.82. The summed E-state index contributed by atoms with van der Waals surface area (Å²) in [5, 5.41) is 0. The molecule has 0 heterocycles. The molecule has 0 fully saturated rings. The van der Waals surface area contributed by atoms with Crippen molar-refractivity contribution in [3.8, 4) is 5.75 Å². The van der Waals surface area contributed by atoms with Gasteiger partial charge in [-0.1, -0.05) is 0 Å². The Morgan fingerprint density at radius 3 is 2.73 bits per heavy atom. The first kappa shape index (κ1) is 11.0. The summed E-state index contributed by atoms with van der Waals surface area (Å²) in [6, 6.07) is 4.91. The van der Waals surface area contributed by atoms with Gasteiger partial charge in [0.25, 0.3) is 0 Å². The Kier molecular flexibility index (Phi) is 3.62. The molecule has 4 heteroatoms. The van der Waals surface area contributed by atoms with Crippen molar-refractivity contribution >= 4 is 18.3 Å². The van der Waals surface area contributed by atoms with Gasteiger partial charge in [0.1, 0.15) is 12.0 Å². The molecule has 0 radical (unpaired) electrons. The highest BCUT2D eigenvalue weighted by molar-refractivity contribution is 5.91. The van der Waals surface area contributed by atoms with E-state index in [0.717, 1.165) is 6.29 Å². The molecule has 0 spiro atoms. The number of hydrogen-bond acceptors (Lipinski definition) is 3. The van der Waals surface area contributed by atoms with Crippen LogP contribution in [0, 0.1) is 0 Å². The SMILES string of the molecule is COc1ccc(C=O)cc1C=CC(N)=O. The maximum Gasteiger partial charge on any atom is 0.241 e. The summed E-state index contributed by atoms with van der Waals surface area (Å²) in [5.41, 5.74) is 6.12. The largest absolute Gasteiger partial charge is 0.496 e. The smallest absolute Gasteiger partial charge is 0.241 e. The zero-order valence-electron chi connectivity index (χ0n) is 8.27. The summed E-state index contributed by atoms with van der Waals surface area (Å²) in [6.45, 7) is 0. The highest BCUT2D eigenvalue weighted by Crippen LogP contribution is 2.20. The molecule has 0 aliphatic heterocycles. The van der Waals surface area contributed by atoms with Gasteiger partial charge in [-0.2, -0.15) is 0 Å². The van der Waals surface area contributed by atoms with E-state index in [1.165, 1.54) is 19.3 Å². The Morgan fingerprint density at radius 1 is 1.47 bits per heavy atom. The molecule has 0 aliphatic rings. The number of ether oxygens (including phenoxy) is 1. The van der Waals surface area contributed by atoms with Crippen LogP contribution in [0.3, 0.4) is 0 Å². The lowest BCUT2D eigenvalue weighted by molar-refractivity contribution is -0.113. The summed E-state index contributed by atoms with van der Waals surface area (Å²) >= 11 is 0. The number of rotatable bonds is 4. The van der Waals surface area contributed by atoms with Gasteiger partial charge < -0.3 is 10.5 Å². The first-order valence-corrected chi connectivity index (χ1v) is 4.28. The number of aldehydes is 1. The predicted molar refractivity (Wildman–Crippen MR) is 56.6 cm³/mol. The van der Waals surface area contributed by atoms with Gasteiger partial charge in [-0.05, 0) is 24.3 Å². The van der Waals surface area contributed by atoms with Gasteiger partial charge in [0, 0.05) is 17.2 Å². The van der Waals surface area contributed by atoms with E-state index in [-0.39, 0.29) is 0 Å². The summed E-state index contributed by atoms with van der Waals surface area (Å²) in [5.74, 6) is 0.0339. The number of carbonyl (C=O) groups is 2. The minimum absolute atomic E-state index is 0.514. The van der Waals surface area contributed by atoms with E-state index < -0.39 is 5.91 Å². The lowest BCUT2D eigenvalue weighted by Crippen LogP contribution is -2.05. The zero-order valence-corrected chi connectivity index (χ0v) is 8.27. The first-order valence-electron chi connectivity index (χ1n) is 4.28. The molecule has 15 heavy (non-hydrogen) atoms. The van der Waals surface area contributed by atoms with E-state index in [0.29, 0.717) is 16.9 Å². The number of primary amides is 1. The van der Waals surface area contributed by atoms with Gasteiger partial charge in [0.2, 0.25) is 5.91 Å². The molecular formula is C11H11NO3. The molecule has 4 nitrogen and oxygen atoms in total. The normalized spacial score (nSPS) is 10.2. The second-order valence-corrected chi connectivity index (χ2v) is 2.85. The third kappa shape index (κ3) is 2.95. The van der Waals surface area contributed by atoms with Gasteiger partial charge >= 0.3 is 0 Å². The summed E-state index contributed by atoms with van der Waals surface area (Å²) < 4.78 is 5.06. The van der Waals surface area contributed by atoms with Gasteiger partial charge in [-0.25, -0.2) is 0 Å². The summed E-state index contributed by atoms with van der Waals surface area (Å²) in [4.78, 5) is 21.1. The van der Waals surface area contributed by atoms with Crippen LogP contribution in [-0.4, -0.2) is 19.3 Å². The lowest BCUT2D eigenvalue weighted by Gasteiger charge is -2.04. The van der Waals surface area contributed by atoms with Gasteiger partial charge in [-0.3, -0.25) is 9.59 Å². The Balaban J connectivity index is 3.11. The predicted octanol–water partition coefficient (Wildman–Crippen LogP) is 1.01. The Labute approximate surface area is 87.3 Å². The van der Waals surface area contributed by atoms with Gasteiger partial charge in [-0.15, -0.1) is 0 Å². The molecule has 0 atom stereocenters. The van der Waals surface area contributed by atoms with Crippen LogP contribution in [0.4, 0.5) is 0 Å². The number of benzene rings is 1. The maximum absolute atomic E-state index is 10.6. The Morgan fingerprint density at radius 2 is 2.20 bits per heavy atom. The van der Waals surface area contributed by atoms with Gasteiger partial charge in [0.05, 0.1) is 7.11 Å². The van der Waals surface area contributed by atoms with Crippen LogP contribution >= 0.6 is 0 Å². The van der Waals surface area contributed by atoms with Crippen molar-refractivity contribution in [1.82, 2.24) is 0 Å². The average molecular weight is 205 g/mol. The standard InChI is InChI=1S/C11H11NO3/c1-15-10-4-2-8(7-13)6-9(10)3-5-11(12)14/h2-7H,1H3,(H2,12,14). The van der Waals surface area contributed by atoms with Crippen molar-refractivity contribution in [1.29, 1.82) is 0 Å². The Hall–Kier alpha value is -2.10. The van der Waals surface area contributed by atoms with Crippen molar-refractivity contribution in [3.05, 3.63) is 35.4 Å². The fraction of sp³-hybridized carbons (Fsp3) is 0.0909. The van der Waals surface area contributed by atoms with Gasteiger partial charge in [0.15, 0.2) is 0 Å². The monoisotopic (exact) mass is 205 g/mol. The topological polar surface area (TPSA) is 69.4 Å². The van der Waals surface area contributed by atoms with E-state index in [1.54, 1.807) is 18.2 Å². The fourth-order valence-corrected chi connectivity index (χ4v) is 1.13. The number of hydrogen-bond donors (Lipinski definition) is 1. The van der Waals surface area contributed by atoms with Crippen molar-refractivity contribution in [2.45, 2.75) is 0 Å². The van der Waals surface area contributed by atoms with E-state index in [2.05, 4.69) is 0 Å². The van der Waals surface area contributed by atoms with E-state index in [1.807, 2.05) is 0 Å². The molecule has 1 aromatic carbocycles. The molecule has 1 rings (SSSR count). The highest BCUT2D eigenvalue weighted by atomic mass is 16.5. The van der Waals surface area contributed by atoms with E-state index in [4.69, 9.17) is 10.5 Å². The minimum atomic E-state index is -0.548. The van der Waals surface area contributed by atoms with Crippen molar-refractivity contribution in [3.63, 3.8) is 0 Å². The second-order valence-electron chi connectivity index (χ2n) is 2.85. The van der Waals surface area contributed by atoms with Crippen LogP contribution in [0.15, 0.2) is 24.3 Å². The molecule has 1 amide bonds.